The summed E-state index contributed by atoms with van der Waals surface area (Å²) in [6.07, 6.45) is 1.46. The average Bonchev–Trinajstić information content (AvgIpc) is 1.63. The number of ether oxygens (including phenoxy) is 8. The molecule has 0 bridgehead atoms. The van der Waals surface area contributed by atoms with Crippen molar-refractivity contribution in [3.8, 4) is 11.5 Å². The quantitative estimate of drug-likeness (QED) is 0.0199. The van der Waals surface area contributed by atoms with Crippen molar-refractivity contribution in [1.82, 2.24) is 21.3 Å². The van der Waals surface area contributed by atoms with E-state index in [1.165, 1.54) is 26.4 Å². The van der Waals surface area contributed by atoms with Crippen LogP contribution in [0.1, 0.15) is 141 Å². The number of esters is 4. The van der Waals surface area contributed by atoms with Gasteiger partial charge in [0.1, 0.15) is 48.0 Å². The third kappa shape index (κ3) is 21.7. The lowest BCUT2D eigenvalue weighted by molar-refractivity contribution is -0.179. The molecule has 0 aromatic heterocycles. The summed E-state index contributed by atoms with van der Waals surface area (Å²) in [6.45, 7) is 17.7. The van der Waals surface area contributed by atoms with Crippen LogP contribution in [-0.4, -0.2) is 124 Å². The normalized spacial score (nSPS) is 25.7. The molecule has 98 heavy (non-hydrogen) atoms. The van der Waals surface area contributed by atoms with Gasteiger partial charge in [0.2, 0.25) is 23.6 Å². The van der Waals surface area contributed by atoms with Gasteiger partial charge in [-0.25, -0.2) is 9.59 Å². The molecule has 530 valence electrons. The predicted octanol–water partition coefficient (Wildman–Crippen LogP) is 11.6. The molecule has 24 heteroatoms. The van der Waals surface area contributed by atoms with Gasteiger partial charge in [-0.15, -0.1) is 0 Å². The van der Waals surface area contributed by atoms with Crippen LogP contribution in [-0.2, 0) is 91.1 Å². The van der Waals surface area contributed by atoms with E-state index < -0.39 is 94.8 Å². The van der Waals surface area contributed by atoms with E-state index in [4.69, 9.17) is 61.1 Å². The Balaban J connectivity index is 0.858. The SMILES string of the molecule is COc1ccc(C[C@H]2NC(=O)C=CC[C@@H]([C@H](C)[C@H]3O[C@@H]3c3ccc(CSSCc4ccc([C@H]5O[C@@H]5[C@@H](C)[C@@H]5CC=CC(=O)N[C@H](Cc6ccc(OC)c(Cl)c6)C(=O)NCC(C)(C)C(=O)O[C@@H](CC(C)C)C(=O)O5)cc4)cc3)OC(=O)[C@H](CC(C)C)OC(=O)C(C)(C)CNC2=O)cc1Cl. The summed E-state index contributed by atoms with van der Waals surface area (Å²) in [5.41, 5.74) is 2.96. The summed E-state index contributed by atoms with van der Waals surface area (Å²) < 4.78 is 47.4. The van der Waals surface area contributed by atoms with Crippen LogP contribution in [0.5, 0.6) is 11.5 Å². The zero-order valence-electron chi connectivity index (χ0n) is 57.7. The highest BCUT2D eigenvalue weighted by molar-refractivity contribution is 8.76. The topological polar surface area (TPSA) is 265 Å². The minimum absolute atomic E-state index is 0.0409. The van der Waals surface area contributed by atoms with Gasteiger partial charge < -0.3 is 59.2 Å². The second-order valence-corrected chi connectivity index (χ2v) is 31.0. The maximum Gasteiger partial charge on any atom is 0.347 e. The van der Waals surface area contributed by atoms with Crippen LogP contribution in [0.3, 0.4) is 0 Å². The number of carbonyl (C=O) groups is 8. The molecule has 12 atom stereocenters. The summed E-state index contributed by atoms with van der Waals surface area (Å²) in [5.74, 6) is -3.34. The number of nitrogens with one attached hydrogen (secondary N) is 4. The molecule has 4 aliphatic heterocycles. The number of epoxide rings is 2. The second-order valence-electron chi connectivity index (χ2n) is 27.7. The van der Waals surface area contributed by atoms with Crippen molar-refractivity contribution in [3.63, 3.8) is 0 Å². The molecule has 4 aromatic rings. The van der Waals surface area contributed by atoms with E-state index in [1.807, 2.05) is 65.8 Å². The van der Waals surface area contributed by atoms with Crippen molar-refractivity contribution >= 4 is 92.3 Å². The van der Waals surface area contributed by atoms with Crippen LogP contribution >= 0.6 is 44.8 Å². The Kier molecular flexibility index (Phi) is 27.2. The Bertz CT molecular complexity index is 3320. The van der Waals surface area contributed by atoms with Gasteiger partial charge >= 0.3 is 23.9 Å². The summed E-state index contributed by atoms with van der Waals surface area (Å²) in [6, 6.07) is 24.6. The Hall–Kier alpha value is -7.08. The molecule has 4 amide bonds. The van der Waals surface area contributed by atoms with Crippen molar-refractivity contribution in [2.45, 2.75) is 180 Å². The Labute approximate surface area is 592 Å². The average molecular weight is 1430 g/mol. The van der Waals surface area contributed by atoms with E-state index in [9.17, 15) is 38.4 Å². The zero-order chi connectivity index (χ0) is 71.2. The maximum absolute atomic E-state index is 14.1. The van der Waals surface area contributed by atoms with E-state index in [1.54, 1.807) is 97.8 Å². The molecule has 2 fully saturated rings. The summed E-state index contributed by atoms with van der Waals surface area (Å²) in [4.78, 5) is 110. The third-order valence-electron chi connectivity index (χ3n) is 17.7. The molecule has 4 N–H and O–H groups in total. The number of amides is 4. The number of hydrogen-bond donors (Lipinski definition) is 4. The fourth-order valence-electron chi connectivity index (χ4n) is 11.5. The smallest absolute Gasteiger partial charge is 0.347 e. The van der Waals surface area contributed by atoms with Gasteiger partial charge in [-0.05, 0) is 122 Å². The Morgan fingerprint density at radius 2 is 0.867 bits per heavy atom. The number of benzene rings is 4. The zero-order valence-corrected chi connectivity index (χ0v) is 60.8. The van der Waals surface area contributed by atoms with Gasteiger partial charge in [-0.2, -0.15) is 0 Å². The summed E-state index contributed by atoms with van der Waals surface area (Å²) >= 11 is 12.8. The van der Waals surface area contributed by atoms with Gasteiger partial charge in [-0.1, -0.05) is 159 Å². The number of hydrogen-bond acceptors (Lipinski definition) is 18. The van der Waals surface area contributed by atoms with Gasteiger partial charge in [0.15, 0.2) is 12.2 Å². The lowest BCUT2D eigenvalue weighted by atomic mass is 9.92. The van der Waals surface area contributed by atoms with Crippen LogP contribution in [0.25, 0.3) is 0 Å². The molecule has 4 heterocycles. The van der Waals surface area contributed by atoms with Crippen molar-refractivity contribution < 1.29 is 76.3 Å². The molecule has 2 saturated heterocycles. The lowest BCUT2D eigenvalue weighted by Crippen LogP contribution is -2.51. The van der Waals surface area contributed by atoms with Crippen molar-refractivity contribution in [3.05, 3.63) is 153 Å². The highest BCUT2D eigenvalue weighted by atomic mass is 35.5. The number of carbonyl (C=O) groups excluding carboxylic acids is 8. The molecule has 20 nitrogen and oxygen atoms in total. The van der Waals surface area contributed by atoms with Crippen LogP contribution in [0.4, 0.5) is 0 Å². The van der Waals surface area contributed by atoms with Gasteiger partial charge in [0.25, 0.3) is 0 Å². The summed E-state index contributed by atoms with van der Waals surface area (Å²) in [5, 5.41) is 11.9. The first-order valence-electron chi connectivity index (χ1n) is 33.2. The first kappa shape index (κ1) is 76.7. The molecule has 4 aromatic carbocycles. The Morgan fingerprint density at radius 1 is 0.510 bits per heavy atom. The Morgan fingerprint density at radius 3 is 1.20 bits per heavy atom. The summed E-state index contributed by atoms with van der Waals surface area (Å²) in [7, 11) is 6.45. The first-order valence-corrected chi connectivity index (χ1v) is 36.5. The lowest BCUT2D eigenvalue weighted by Gasteiger charge is -2.29. The van der Waals surface area contributed by atoms with Crippen molar-refractivity contribution in [1.29, 1.82) is 0 Å². The monoisotopic (exact) mass is 1430 g/mol. The van der Waals surface area contributed by atoms with E-state index in [-0.39, 0.29) is 99.7 Å². The molecule has 8 rings (SSSR count). The van der Waals surface area contributed by atoms with Crippen LogP contribution in [0.2, 0.25) is 10.0 Å². The fourth-order valence-corrected chi connectivity index (χ4v) is 14.2. The second kappa shape index (κ2) is 34.8. The van der Waals surface area contributed by atoms with E-state index in [2.05, 4.69) is 45.5 Å². The van der Waals surface area contributed by atoms with Crippen molar-refractivity contribution in [2.75, 3.05) is 27.3 Å². The predicted molar refractivity (Wildman–Crippen MR) is 376 cm³/mol. The van der Waals surface area contributed by atoms with Crippen LogP contribution in [0, 0.1) is 34.5 Å². The van der Waals surface area contributed by atoms with E-state index in [0.717, 1.165) is 33.8 Å². The molecule has 0 saturated carbocycles. The number of halogens is 2. The minimum atomic E-state index is -1.26. The molecule has 0 unspecified atom stereocenters. The van der Waals surface area contributed by atoms with E-state index in [0.29, 0.717) is 32.7 Å². The highest BCUT2D eigenvalue weighted by Crippen LogP contribution is 2.47. The molecular weight excluding hydrogens is 1340 g/mol. The van der Waals surface area contributed by atoms with Crippen molar-refractivity contribution in [2.24, 2.45) is 34.5 Å². The minimum Gasteiger partial charge on any atom is -0.495 e. The van der Waals surface area contributed by atoms with Crippen LogP contribution < -0.4 is 30.7 Å². The molecule has 0 radical (unpaired) electrons. The van der Waals surface area contributed by atoms with Gasteiger partial charge in [0, 0.05) is 62.1 Å². The number of rotatable bonds is 21. The third-order valence-corrected chi connectivity index (χ3v) is 20.6. The standard InChI is InChI=1S/C74H92Cl2N4O16S2/c1-41(2)31-59-69(85)91-55(15-13-17-61(81)79-53(35-47-23-29-57(89-11)51(75)33-47)67(83)77-39-73(7,8)71(87)93-59)43(5)63-65(95-63)49-25-19-45(20-26-49)37-97-98-38-46-21-27-50(28-22-46)66-64(96-66)44(6)56-16-14-18-62(82)80-54(36-48-24-30-58(90-12)52(76)34-48)68(84)78-40-74(9,10)72(88)94-60(32-42(3)4)70(86)92-56/h13-14,17-30,33-34,41-44,53-56,59-60,63-66H,15-16,31-32,35-40H2,1-12H3,(H,77,83)(H,78,84)(H,79,81)(H,80,82)/t43-,44-,53+,54+,55-,56-,59-,60-,63+,64+,65+,66+/m0/s1. The molecule has 0 spiro atoms. The highest BCUT2D eigenvalue weighted by Gasteiger charge is 2.50. The first-order chi connectivity index (χ1) is 46.5. The fraction of sp³-hybridized carbons (Fsp3) is 0.514. The largest absolute Gasteiger partial charge is 0.495 e. The molecule has 4 aliphatic rings. The van der Waals surface area contributed by atoms with Gasteiger partial charge in [0.05, 0.1) is 47.3 Å². The number of cyclic esters (lactones) is 4. The molecular formula is C74H92Cl2N4O16S2. The van der Waals surface area contributed by atoms with Gasteiger partial charge in [-0.3, -0.25) is 28.8 Å². The number of methoxy groups -OCH3 is 2. The maximum atomic E-state index is 14.1. The van der Waals surface area contributed by atoms with Crippen LogP contribution in [0.15, 0.2) is 109 Å². The molecule has 0 aliphatic carbocycles. The van der Waals surface area contributed by atoms with E-state index >= 15 is 0 Å².